The van der Waals surface area contributed by atoms with Gasteiger partial charge in [-0.1, -0.05) is 62.4 Å². The fraction of sp³-hybridized carbons (Fsp3) is 0.469. The van der Waals surface area contributed by atoms with E-state index in [1.807, 2.05) is 0 Å². The van der Waals surface area contributed by atoms with Gasteiger partial charge in [0.25, 0.3) is 5.91 Å². The van der Waals surface area contributed by atoms with Crippen LogP contribution in [0, 0.1) is 23.2 Å². The van der Waals surface area contributed by atoms with Crippen LogP contribution in [0.25, 0.3) is 0 Å². The second-order valence-corrected chi connectivity index (χ2v) is 12.4. The molecule has 8 heteroatoms. The summed E-state index contributed by atoms with van der Waals surface area (Å²) in [6.07, 6.45) is 0.111. The van der Waals surface area contributed by atoms with Crippen LogP contribution in [0.1, 0.15) is 62.0 Å². The SMILES string of the molecule is CC1(C)C[C@H]2[C@H](COC(=O)[C@H](O)[C@@H](NC(=O)c3ccccc3)c3ccccc3)C3=C(C[C@](C)(O)[C@H]2C1)C(=O)OC3. The van der Waals surface area contributed by atoms with E-state index in [9.17, 15) is 24.6 Å². The summed E-state index contributed by atoms with van der Waals surface area (Å²) >= 11 is 0. The molecule has 2 aromatic carbocycles. The number of carbonyl (C=O) groups excluding carboxylic acids is 3. The summed E-state index contributed by atoms with van der Waals surface area (Å²) in [6, 6.07) is 16.3. The first-order valence-electron chi connectivity index (χ1n) is 13.8. The molecule has 0 radical (unpaired) electrons. The van der Waals surface area contributed by atoms with E-state index in [0.29, 0.717) is 16.7 Å². The van der Waals surface area contributed by atoms with Gasteiger partial charge in [-0.2, -0.15) is 0 Å². The second kappa shape index (κ2) is 10.8. The van der Waals surface area contributed by atoms with Crippen LogP contribution in [0.15, 0.2) is 71.8 Å². The summed E-state index contributed by atoms with van der Waals surface area (Å²) in [6.45, 7) is 6.15. The molecule has 3 aliphatic rings. The number of esters is 2. The molecule has 2 aromatic rings. The standard InChI is InChI=1S/C32H37NO7/c1-31(2)14-21-23(24-18-39-29(36)22(24)15-32(3,38)25(21)16-31)17-40-30(37)27(34)26(19-10-6-4-7-11-19)33-28(35)20-12-8-5-9-13-20/h4-13,21,23,25-27,34,38H,14-18H2,1-3H3,(H,33,35)/t21-,23-,25-,26-,27+,32-/m0/s1. The van der Waals surface area contributed by atoms with Gasteiger partial charge in [0, 0.05) is 23.5 Å². The molecule has 1 amide bonds. The Morgan fingerprint density at radius 1 is 1.05 bits per heavy atom. The lowest BCUT2D eigenvalue weighted by molar-refractivity contribution is -0.157. The van der Waals surface area contributed by atoms with E-state index in [2.05, 4.69) is 19.2 Å². The largest absolute Gasteiger partial charge is 0.463 e. The minimum absolute atomic E-state index is 0.0250. The molecule has 8 nitrogen and oxygen atoms in total. The Hall–Kier alpha value is -3.49. The number of cyclic esters (lactones) is 1. The Kier molecular flexibility index (Phi) is 7.59. The Morgan fingerprint density at radius 2 is 1.70 bits per heavy atom. The van der Waals surface area contributed by atoms with Crippen LogP contribution in [-0.2, 0) is 19.1 Å². The molecule has 0 saturated heterocycles. The normalized spacial score (nSPS) is 28.5. The number of ether oxygens (including phenoxy) is 2. The molecular weight excluding hydrogens is 510 g/mol. The molecule has 0 aromatic heterocycles. The molecule has 212 valence electrons. The van der Waals surface area contributed by atoms with Crippen molar-refractivity contribution in [1.29, 1.82) is 0 Å². The molecule has 0 unspecified atom stereocenters. The van der Waals surface area contributed by atoms with E-state index in [1.165, 1.54) is 0 Å². The number of amides is 1. The average molecular weight is 548 g/mol. The predicted octanol–water partition coefficient (Wildman–Crippen LogP) is 3.74. The van der Waals surface area contributed by atoms with Crippen molar-refractivity contribution in [3.8, 4) is 0 Å². The third-order valence-electron chi connectivity index (χ3n) is 8.81. The lowest BCUT2D eigenvalue weighted by Gasteiger charge is -2.35. The first-order valence-corrected chi connectivity index (χ1v) is 13.8. The molecule has 1 fully saturated rings. The molecular formula is C32H37NO7. The maximum atomic E-state index is 13.3. The van der Waals surface area contributed by atoms with E-state index >= 15 is 0 Å². The zero-order valence-corrected chi connectivity index (χ0v) is 23.1. The molecule has 40 heavy (non-hydrogen) atoms. The number of hydrogen-bond donors (Lipinski definition) is 3. The monoisotopic (exact) mass is 547 g/mol. The Balaban J connectivity index is 1.37. The fourth-order valence-electron chi connectivity index (χ4n) is 6.86. The van der Waals surface area contributed by atoms with Crippen LogP contribution in [-0.4, -0.2) is 53.0 Å². The third-order valence-corrected chi connectivity index (χ3v) is 8.81. The predicted molar refractivity (Wildman–Crippen MR) is 147 cm³/mol. The quantitative estimate of drug-likeness (QED) is 0.452. The van der Waals surface area contributed by atoms with Crippen LogP contribution in [0.4, 0.5) is 0 Å². The Labute approximate surface area is 234 Å². The van der Waals surface area contributed by atoms with E-state index in [-0.39, 0.29) is 42.8 Å². The topological polar surface area (TPSA) is 122 Å². The highest BCUT2D eigenvalue weighted by molar-refractivity contribution is 5.95. The first kappa shape index (κ1) is 28.1. The minimum atomic E-state index is -1.67. The van der Waals surface area contributed by atoms with Gasteiger partial charge >= 0.3 is 11.9 Å². The summed E-state index contributed by atoms with van der Waals surface area (Å²) in [4.78, 5) is 38.8. The number of carbonyl (C=O) groups is 3. The number of hydrogen-bond acceptors (Lipinski definition) is 7. The number of rotatable bonds is 7. The zero-order valence-electron chi connectivity index (χ0n) is 23.1. The van der Waals surface area contributed by atoms with E-state index < -0.39 is 35.6 Å². The van der Waals surface area contributed by atoms with Gasteiger partial charge in [0.1, 0.15) is 6.61 Å². The van der Waals surface area contributed by atoms with Crippen molar-refractivity contribution in [1.82, 2.24) is 5.32 Å². The molecule has 3 N–H and O–H groups in total. The molecule has 6 atom stereocenters. The van der Waals surface area contributed by atoms with Crippen LogP contribution in [0.2, 0.25) is 0 Å². The number of fused-ring (bicyclic) bond motifs is 1. The molecule has 1 heterocycles. The van der Waals surface area contributed by atoms with Gasteiger partial charge in [-0.25, -0.2) is 9.59 Å². The fourth-order valence-corrected chi connectivity index (χ4v) is 6.86. The van der Waals surface area contributed by atoms with Crippen molar-refractivity contribution < 1.29 is 34.1 Å². The highest BCUT2D eigenvalue weighted by Gasteiger charge is 2.55. The van der Waals surface area contributed by atoms with Crippen LogP contribution >= 0.6 is 0 Å². The molecule has 0 spiro atoms. The van der Waals surface area contributed by atoms with Crippen molar-refractivity contribution in [2.24, 2.45) is 23.2 Å². The number of benzene rings is 2. The molecule has 1 aliphatic heterocycles. The van der Waals surface area contributed by atoms with E-state index in [0.717, 1.165) is 18.4 Å². The summed E-state index contributed by atoms with van der Waals surface area (Å²) in [5, 5.41) is 25.4. The van der Waals surface area contributed by atoms with Crippen molar-refractivity contribution in [3.63, 3.8) is 0 Å². The first-order chi connectivity index (χ1) is 19.0. The summed E-state index contributed by atoms with van der Waals surface area (Å²) in [7, 11) is 0. The van der Waals surface area contributed by atoms with Gasteiger partial charge < -0.3 is 25.0 Å². The van der Waals surface area contributed by atoms with E-state index in [1.54, 1.807) is 67.6 Å². The van der Waals surface area contributed by atoms with Gasteiger partial charge in [0.05, 0.1) is 18.2 Å². The number of aliphatic hydroxyl groups excluding tert-OH is 1. The molecule has 2 aliphatic carbocycles. The van der Waals surface area contributed by atoms with Crippen LogP contribution in [0.5, 0.6) is 0 Å². The molecule has 5 rings (SSSR count). The number of aliphatic hydroxyl groups is 2. The van der Waals surface area contributed by atoms with Gasteiger partial charge in [0.15, 0.2) is 6.10 Å². The lowest BCUT2D eigenvalue weighted by atomic mass is 9.75. The highest BCUT2D eigenvalue weighted by Crippen LogP contribution is 2.57. The van der Waals surface area contributed by atoms with Crippen molar-refractivity contribution in [3.05, 3.63) is 82.9 Å². The lowest BCUT2D eigenvalue weighted by Crippen LogP contribution is -2.42. The van der Waals surface area contributed by atoms with Gasteiger partial charge in [-0.3, -0.25) is 4.79 Å². The number of nitrogens with one attached hydrogen (secondary N) is 1. The molecule has 1 saturated carbocycles. The van der Waals surface area contributed by atoms with Gasteiger partial charge in [-0.15, -0.1) is 0 Å². The van der Waals surface area contributed by atoms with Crippen molar-refractivity contribution >= 4 is 17.8 Å². The van der Waals surface area contributed by atoms with Crippen molar-refractivity contribution in [2.75, 3.05) is 13.2 Å². The third kappa shape index (κ3) is 5.56. The smallest absolute Gasteiger partial charge is 0.337 e. The maximum absolute atomic E-state index is 13.3. The Bertz CT molecular complexity index is 1300. The highest BCUT2D eigenvalue weighted by atomic mass is 16.6. The van der Waals surface area contributed by atoms with E-state index in [4.69, 9.17) is 9.47 Å². The van der Waals surface area contributed by atoms with Crippen molar-refractivity contribution in [2.45, 2.75) is 57.8 Å². The van der Waals surface area contributed by atoms with Crippen LogP contribution in [0.3, 0.4) is 0 Å². The van der Waals surface area contributed by atoms with Gasteiger partial charge in [0.2, 0.25) is 0 Å². The summed E-state index contributed by atoms with van der Waals surface area (Å²) in [5.41, 5.74) is 1.07. The second-order valence-electron chi connectivity index (χ2n) is 12.4. The zero-order chi connectivity index (χ0) is 28.7. The summed E-state index contributed by atoms with van der Waals surface area (Å²) in [5.74, 6) is -2.18. The maximum Gasteiger partial charge on any atom is 0.337 e. The van der Waals surface area contributed by atoms with Crippen LogP contribution < -0.4 is 5.32 Å². The minimum Gasteiger partial charge on any atom is -0.463 e. The molecule has 0 bridgehead atoms. The van der Waals surface area contributed by atoms with Gasteiger partial charge in [-0.05, 0) is 60.3 Å². The Morgan fingerprint density at radius 3 is 2.38 bits per heavy atom. The summed E-state index contributed by atoms with van der Waals surface area (Å²) < 4.78 is 11.1. The average Bonchev–Trinajstić information content (AvgIpc) is 3.44.